The van der Waals surface area contributed by atoms with E-state index in [4.69, 9.17) is 10.5 Å². The highest BCUT2D eigenvalue weighted by molar-refractivity contribution is 5.79. The number of nitrogens with two attached hydrogens (primary N) is 1. The first-order valence-corrected chi connectivity index (χ1v) is 7.17. The van der Waals surface area contributed by atoms with E-state index in [1.54, 1.807) is 7.11 Å². The number of carbonyl (C=O) groups excluding carboxylic acids is 1. The Morgan fingerprint density at radius 2 is 1.90 bits per heavy atom. The van der Waals surface area contributed by atoms with E-state index in [1.807, 2.05) is 38.1 Å². The van der Waals surface area contributed by atoms with Crippen LogP contribution >= 0.6 is 0 Å². The predicted molar refractivity (Wildman–Crippen MR) is 81.6 cm³/mol. The molecular weight excluding hydrogens is 252 g/mol. The normalized spacial score (nSPS) is 13.9. The standard InChI is InChI=1S/C16H26N2O2/c1-5-15(12-6-8-13(20-4)9-7-12)18-16(19)14(10-17)11(2)3/h6-9,11,14-15H,5,10,17H2,1-4H3,(H,18,19). The molecule has 0 aliphatic carbocycles. The van der Waals surface area contributed by atoms with E-state index in [1.165, 1.54) is 0 Å². The van der Waals surface area contributed by atoms with Crippen molar-refractivity contribution in [3.8, 4) is 5.75 Å². The minimum absolute atomic E-state index is 0.0150. The van der Waals surface area contributed by atoms with Gasteiger partial charge in [0.05, 0.1) is 19.1 Å². The molecule has 1 aromatic carbocycles. The summed E-state index contributed by atoms with van der Waals surface area (Å²) in [6, 6.07) is 7.81. The SMILES string of the molecule is CCC(NC(=O)C(CN)C(C)C)c1ccc(OC)cc1. The molecule has 1 aromatic rings. The van der Waals surface area contributed by atoms with Gasteiger partial charge in [0.25, 0.3) is 0 Å². The minimum atomic E-state index is -0.137. The first-order valence-electron chi connectivity index (χ1n) is 7.17. The van der Waals surface area contributed by atoms with Crippen molar-refractivity contribution in [1.82, 2.24) is 5.32 Å². The van der Waals surface area contributed by atoms with Gasteiger partial charge in [0.15, 0.2) is 0 Å². The molecule has 0 spiro atoms. The molecule has 1 rings (SSSR count). The lowest BCUT2D eigenvalue weighted by molar-refractivity contribution is -0.126. The lowest BCUT2D eigenvalue weighted by Gasteiger charge is -2.23. The molecule has 0 saturated carbocycles. The van der Waals surface area contributed by atoms with Gasteiger partial charge in [-0.3, -0.25) is 4.79 Å². The Balaban J connectivity index is 2.77. The summed E-state index contributed by atoms with van der Waals surface area (Å²) in [5.74, 6) is 0.956. The fourth-order valence-electron chi connectivity index (χ4n) is 2.22. The third-order valence-corrected chi connectivity index (χ3v) is 3.64. The van der Waals surface area contributed by atoms with Crippen LogP contribution in [0.2, 0.25) is 0 Å². The van der Waals surface area contributed by atoms with Gasteiger partial charge in [0, 0.05) is 6.54 Å². The third kappa shape index (κ3) is 4.23. The molecule has 1 amide bonds. The van der Waals surface area contributed by atoms with Gasteiger partial charge in [-0.25, -0.2) is 0 Å². The summed E-state index contributed by atoms with van der Waals surface area (Å²) in [5.41, 5.74) is 6.78. The average Bonchev–Trinajstić information content (AvgIpc) is 2.45. The molecule has 112 valence electrons. The van der Waals surface area contributed by atoms with Crippen molar-refractivity contribution < 1.29 is 9.53 Å². The zero-order valence-electron chi connectivity index (χ0n) is 12.8. The minimum Gasteiger partial charge on any atom is -0.497 e. The summed E-state index contributed by atoms with van der Waals surface area (Å²) in [6.07, 6.45) is 0.841. The maximum absolute atomic E-state index is 12.3. The summed E-state index contributed by atoms with van der Waals surface area (Å²) < 4.78 is 5.15. The van der Waals surface area contributed by atoms with Crippen LogP contribution in [0.15, 0.2) is 24.3 Å². The Morgan fingerprint density at radius 3 is 2.30 bits per heavy atom. The number of ether oxygens (including phenoxy) is 1. The molecule has 3 N–H and O–H groups in total. The Morgan fingerprint density at radius 1 is 1.30 bits per heavy atom. The molecule has 0 aliphatic rings. The largest absolute Gasteiger partial charge is 0.497 e. The molecule has 4 heteroatoms. The molecule has 0 radical (unpaired) electrons. The topological polar surface area (TPSA) is 64.4 Å². The summed E-state index contributed by atoms with van der Waals surface area (Å²) in [5, 5.41) is 3.09. The van der Waals surface area contributed by atoms with Crippen LogP contribution < -0.4 is 15.8 Å². The van der Waals surface area contributed by atoms with Crippen molar-refractivity contribution in [3.63, 3.8) is 0 Å². The van der Waals surface area contributed by atoms with Crippen LogP contribution in [0, 0.1) is 11.8 Å². The highest BCUT2D eigenvalue weighted by Gasteiger charge is 2.23. The summed E-state index contributed by atoms with van der Waals surface area (Å²) in [6.45, 7) is 6.47. The number of rotatable bonds is 7. The number of hydrogen-bond donors (Lipinski definition) is 2. The predicted octanol–water partition coefficient (Wildman–Crippen LogP) is 2.49. The number of methoxy groups -OCH3 is 1. The van der Waals surface area contributed by atoms with Gasteiger partial charge in [0.2, 0.25) is 5.91 Å². The first-order chi connectivity index (χ1) is 9.53. The van der Waals surface area contributed by atoms with Crippen LogP contribution in [0.25, 0.3) is 0 Å². The van der Waals surface area contributed by atoms with Gasteiger partial charge in [0.1, 0.15) is 5.75 Å². The molecule has 4 nitrogen and oxygen atoms in total. The van der Waals surface area contributed by atoms with Gasteiger partial charge in [-0.1, -0.05) is 32.9 Å². The van der Waals surface area contributed by atoms with Crippen molar-refractivity contribution in [2.75, 3.05) is 13.7 Å². The zero-order chi connectivity index (χ0) is 15.1. The van der Waals surface area contributed by atoms with Crippen LogP contribution in [0.4, 0.5) is 0 Å². The maximum atomic E-state index is 12.3. The monoisotopic (exact) mass is 278 g/mol. The fraction of sp³-hybridized carbons (Fsp3) is 0.562. The van der Waals surface area contributed by atoms with Gasteiger partial charge >= 0.3 is 0 Å². The number of nitrogens with one attached hydrogen (secondary N) is 1. The second kappa shape index (κ2) is 7.90. The van der Waals surface area contributed by atoms with Crippen LogP contribution in [0.1, 0.15) is 38.8 Å². The van der Waals surface area contributed by atoms with Gasteiger partial charge < -0.3 is 15.8 Å². The highest BCUT2D eigenvalue weighted by atomic mass is 16.5. The zero-order valence-corrected chi connectivity index (χ0v) is 12.8. The lowest BCUT2D eigenvalue weighted by Crippen LogP contribution is -2.39. The molecule has 20 heavy (non-hydrogen) atoms. The van der Waals surface area contributed by atoms with Gasteiger partial charge in [-0.2, -0.15) is 0 Å². The van der Waals surface area contributed by atoms with E-state index < -0.39 is 0 Å². The molecule has 0 aliphatic heterocycles. The first kappa shape index (κ1) is 16.5. The Hall–Kier alpha value is -1.55. The summed E-state index contributed by atoms with van der Waals surface area (Å²) >= 11 is 0. The van der Waals surface area contributed by atoms with Gasteiger partial charge in [-0.05, 0) is 30.0 Å². The van der Waals surface area contributed by atoms with E-state index in [0.29, 0.717) is 6.54 Å². The number of hydrogen-bond acceptors (Lipinski definition) is 3. The molecule has 0 fully saturated rings. The summed E-state index contributed by atoms with van der Waals surface area (Å²) in [4.78, 5) is 12.3. The molecule has 0 bridgehead atoms. The maximum Gasteiger partial charge on any atom is 0.225 e. The Bertz CT molecular complexity index is 415. The van der Waals surface area contributed by atoms with E-state index in [9.17, 15) is 4.79 Å². The number of benzene rings is 1. The molecular formula is C16H26N2O2. The van der Waals surface area contributed by atoms with Crippen molar-refractivity contribution in [2.45, 2.75) is 33.2 Å². The van der Waals surface area contributed by atoms with E-state index >= 15 is 0 Å². The Kier molecular flexibility index (Phi) is 6.52. The van der Waals surface area contributed by atoms with Crippen molar-refractivity contribution >= 4 is 5.91 Å². The van der Waals surface area contributed by atoms with Crippen molar-refractivity contribution in [3.05, 3.63) is 29.8 Å². The molecule has 2 unspecified atom stereocenters. The highest BCUT2D eigenvalue weighted by Crippen LogP contribution is 2.21. The van der Waals surface area contributed by atoms with E-state index in [-0.39, 0.29) is 23.8 Å². The van der Waals surface area contributed by atoms with Crippen LogP contribution in [-0.2, 0) is 4.79 Å². The van der Waals surface area contributed by atoms with Crippen LogP contribution in [0.3, 0.4) is 0 Å². The van der Waals surface area contributed by atoms with Crippen molar-refractivity contribution in [1.29, 1.82) is 0 Å². The second-order valence-electron chi connectivity index (χ2n) is 5.33. The summed E-state index contributed by atoms with van der Waals surface area (Å²) in [7, 11) is 1.64. The molecule has 2 atom stereocenters. The fourth-order valence-corrected chi connectivity index (χ4v) is 2.22. The van der Waals surface area contributed by atoms with Gasteiger partial charge in [-0.15, -0.1) is 0 Å². The van der Waals surface area contributed by atoms with Crippen LogP contribution in [-0.4, -0.2) is 19.6 Å². The Labute approximate surface area is 121 Å². The number of carbonyl (C=O) groups is 1. The second-order valence-corrected chi connectivity index (χ2v) is 5.33. The smallest absolute Gasteiger partial charge is 0.225 e. The van der Waals surface area contributed by atoms with Crippen molar-refractivity contribution in [2.24, 2.45) is 17.6 Å². The third-order valence-electron chi connectivity index (χ3n) is 3.64. The lowest BCUT2D eigenvalue weighted by atomic mass is 9.94. The molecule has 0 saturated heterocycles. The molecule has 0 aromatic heterocycles. The quantitative estimate of drug-likeness (QED) is 0.805. The van der Waals surface area contributed by atoms with E-state index in [2.05, 4.69) is 12.2 Å². The van der Waals surface area contributed by atoms with Crippen LogP contribution in [0.5, 0.6) is 5.75 Å². The average molecular weight is 278 g/mol. The number of amides is 1. The molecule has 0 heterocycles. The van der Waals surface area contributed by atoms with E-state index in [0.717, 1.165) is 17.7 Å².